The van der Waals surface area contributed by atoms with Gasteiger partial charge in [0.05, 0.1) is 28.6 Å². The lowest BCUT2D eigenvalue weighted by molar-refractivity contribution is -0.144. The van der Waals surface area contributed by atoms with Gasteiger partial charge in [0.1, 0.15) is 11.6 Å². The number of aliphatic hydroxyl groups excluding tert-OH is 1. The van der Waals surface area contributed by atoms with Crippen LogP contribution in [0.3, 0.4) is 0 Å². The maximum Gasteiger partial charge on any atom is 0.253 e. The summed E-state index contributed by atoms with van der Waals surface area (Å²) in [6.45, 7) is 10.2. The number of carbonyl (C=O) groups excluding carboxylic acids is 3. The third-order valence-electron chi connectivity index (χ3n) is 7.93. The predicted molar refractivity (Wildman–Crippen MR) is 150 cm³/mol. The summed E-state index contributed by atoms with van der Waals surface area (Å²) in [5.41, 5.74) is 0.200. The van der Waals surface area contributed by atoms with E-state index in [2.05, 4.69) is 29.1 Å². The first-order valence-electron chi connectivity index (χ1n) is 12.9. The quantitative estimate of drug-likeness (QED) is 0.237. The van der Waals surface area contributed by atoms with Crippen molar-refractivity contribution in [2.45, 2.75) is 48.8 Å². The molecular weight excluding hydrogens is 574 g/mol. The van der Waals surface area contributed by atoms with E-state index in [0.29, 0.717) is 36.5 Å². The number of unbranched alkanes of at least 4 members (excludes halogenated alkanes) is 1. The van der Waals surface area contributed by atoms with Crippen molar-refractivity contribution in [3.8, 4) is 0 Å². The second-order valence-electron chi connectivity index (χ2n) is 10.3. The number of benzene rings is 1. The molecule has 10 heteroatoms. The highest BCUT2D eigenvalue weighted by molar-refractivity contribution is 9.09. The number of aryl methyl sites for hydroxylation is 1. The SMILES string of the molecule is C=CCN(C)C(=O)[C@H]1[C@H]2C(=O)N(CCCCO)C(C(=O)N(CC=C)c3c(C)cccc3Cl)C23CC(Br)[C@@H]1O3. The van der Waals surface area contributed by atoms with Crippen molar-refractivity contribution in [3.05, 3.63) is 54.1 Å². The number of para-hydroxylation sites is 1. The number of likely N-dealkylation sites (N-methyl/N-ethyl adjacent to an activating group) is 1. The average Bonchev–Trinajstić information content (AvgIpc) is 3.46. The first-order valence-corrected chi connectivity index (χ1v) is 14.2. The largest absolute Gasteiger partial charge is 0.396 e. The monoisotopic (exact) mass is 607 g/mol. The molecule has 38 heavy (non-hydrogen) atoms. The highest BCUT2D eigenvalue weighted by Gasteiger charge is 2.76. The van der Waals surface area contributed by atoms with Gasteiger partial charge >= 0.3 is 0 Å². The second kappa shape index (κ2) is 11.5. The summed E-state index contributed by atoms with van der Waals surface area (Å²) in [6.07, 6.45) is 4.14. The van der Waals surface area contributed by atoms with Crippen LogP contribution >= 0.6 is 27.5 Å². The first-order chi connectivity index (χ1) is 18.1. The first kappa shape index (κ1) is 28.8. The third-order valence-corrected chi connectivity index (χ3v) is 9.08. The maximum absolute atomic E-state index is 14.5. The average molecular weight is 609 g/mol. The van der Waals surface area contributed by atoms with Gasteiger partial charge in [-0.3, -0.25) is 14.4 Å². The molecule has 3 heterocycles. The molecule has 3 saturated heterocycles. The number of rotatable bonds is 11. The Morgan fingerprint density at radius 1 is 1.26 bits per heavy atom. The Morgan fingerprint density at radius 3 is 2.61 bits per heavy atom. The van der Waals surface area contributed by atoms with Gasteiger partial charge in [-0.2, -0.15) is 0 Å². The van der Waals surface area contributed by atoms with Gasteiger partial charge < -0.3 is 24.5 Å². The van der Waals surface area contributed by atoms with E-state index >= 15 is 0 Å². The molecule has 3 aliphatic rings. The van der Waals surface area contributed by atoms with Crippen LogP contribution in [-0.2, 0) is 19.1 Å². The van der Waals surface area contributed by atoms with Gasteiger partial charge in [-0.15, -0.1) is 13.2 Å². The molecule has 6 atom stereocenters. The fourth-order valence-electron chi connectivity index (χ4n) is 6.40. The Bertz CT molecular complexity index is 1110. The summed E-state index contributed by atoms with van der Waals surface area (Å²) in [7, 11) is 1.68. The number of hydrogen-bond acceptors (Lipinski definition) is 5. The van der Waals surface area contributed by atoms with Gasteiger partial charge in [-0.1, -0.05) is 51.8 Å². The smallest absolute Gasteiger partial charge is 0.253 e. The number of fused-ring (bicyclic) bond motifs is 1. The van der Waals surface area contributed by atoms with Crippen LogP contribution < -0.4 is 4.90 Å². The van der Waals surface area contributed by atoms with Crippen molar-refractivity contribution < 1.29 is 24.2 Å². The summed E-state index contributed by atoms with van der Waals surface area (Å²) in [5, 5.41) is 9.80. The molecule has 2 bridgehead atoms. The molecule has 0 saturated carbocycles. The van der Waals surface area contributed by atoms with E-state index in [4.69, 9.17) is 16.3 Å². The van der Waals surface area contributed by atoms with Gasteiger partial charge in [-0.25, -0.2) is 0 Å². The van der Waals surface area contributed by atoms with Crippen molar-refractivity contribution in [2.75, 3.05) is 38.2 Å². The lowest BCUT2D eigenvalue weighted by Gasteiger charge is -2.37. The van der Waals surface area contributed by atoms with E-state index in [1.54, 1.807) is 40.0 Å². The zero-order valence-electron chi connectivity index (χ0n) is 21.8. The topological polar surface area (TPSA) is 90.4 Å². The minimum absolute atomic E-state index is 0.0217. The Labute approximate surface area is 237 Å². The number of carbonyl (C=O) groups is 3. The van der Waals surface area contributed by atoms with Crippen LogP contribution in [0.2, 0.25) is 5.02 Å². The summed E-state index contributed by atoms with van der Waals surface area (Å²) >= 11 is 10.3. The standard InChI is InChI=1S/C28H35BrClN3O5/c1-5-12-31(4)25(35)20-21-26(36)33(14-7-8-15-34)24(28(21)16-18(29)23(20)38-28)27(37)32(13-6-2)22-17(3)10-9-11-19(22)30/h5-6,9-11,18,20-21,23-24,34H,1-2,7-8,12-16H2,3-4H3/t18?,20-,21-,23-,24?,28?/m0/s1. The Balaban J connectivity index is 1.81. The number of hydrogen-bond donors (Lipinski definition) is 1. The van der Waals surface area contributed by atoms with Crippen LogP contribution in [-0.4, -0.2) is 88.5 Å². The van der Waals surface area contributed by atoms with Crippen molar-refractivity contribution in [1.82, 2.24) is 9.80 Å². The minimum Gasteiger partial charge on any atom is -0.396 e. The molecule has 1 aromatic carbocycles. The number of ether oxygens (including phenoxy) is 1. The van der Waals surface area contributed by atoms with E-state index < -0.39 is 29.6 Å². The fourth-order valence-corrected chi connectivity index (χ4v) is 7.66. The molecule has 3 fully saturated rings. The number of anilines is 1. The van der Waals surface area contributed by atoms with E-state index in [0.717, 1.165) is 5.56 Å². The molecule has 1 N–H and O–H groups in total. The molecule has 8 nitrogen and oxygen atoms in total. The lowest BCUT2D eigenvalue weighted by atomic mass is 9.70. The molecule has 0 aliphatic carbocycles. The Kier molecular flexibility index (Phi) is 8.71. The number of nitrogens with zero attached hydrogens (tertiary/aromatic N) is 3. The summed E-state index contributed by atoms with van der Waals surface area (Å²) < 4.78 is 6.59. The van der Waals surface area contributed by atoms with Crippen molar-refractivity contribution in [2.24, 2.45) is 11.8 Å². The molecule has 1 spiro atoms. The van der Waals surface area contributed by atoms with E-state index in [9.17, 15) is 19.5 Å². The van der Waals surface area contributed by atoms with Crippen molar-refractivity contribution >= 4 is 50.9 Å². The number of alkyl halides is 1. The van der Waals surface area contributed by atoms with Gasteiger partial charge in [0.25, 0.3) is 5.91 Å². The van der Waals surface area contributed by atoms with Crippen LogP contribution in [0.15, 0.2) is 43.5 Å². The van der Waals surface area contributed by atoms with Gasteiger partial charge in [0, 0.05) is 38.1 Å². The van der Waals surface area contributed by atoms with Crippen LogP contribution in [0.1, 0.15) is 24.8 Å². The van der Waals surface area contributed by atoms with Crippen LogP contribution in [0.4, 0.5) is 5.69 Å². The molecule has 1 aromatic rings. The number of halogens is 2. The van der Waals surface area contributed by atoms with E-state index in [1.165, 1.54) is 0 Å². The maximum atomic E-state index is 14.5. The van der Waals surface area contributed by atoms with Gasteiger partial charge in [0.15, 0.2) is 0 Å². The number of likely N-dealkylation sites (tertiary alicyclic amines) is 1. The molecule has 4 rings (SSSR count). The highest BCUT2D eigenvalue weighted by Crippen LogP contribution is 2.60. The van der Waals surface area contributed by atoms with E-state index in [-0.39, 0.29) is 42.2 Å². The Morgan fingerprint density at radius 2 is 1.97 bits per heavy atom. The predicted octanol–water partition coefficient (Wildman–Crippen LogP) is 3.33. The zero-order valence-corrected chi connectivity index (χ0v) is 24.2. The molecule has 0 radical (unpaired) electrons. The molecule has 3 amide bonds. The molecular formula is C28H35BrClN3O5. The van der Waals surface area contributed by atoms with Crippen molar-refractivity contribution in [1.29, 1.82) is 0 Å². The van der Waals surface area contributed by atoms with Gasteiger partial charge in [-0.05, 0) is 37.8 Å². The molecule has 206 valence electrons. The number of amides is 3. The highest BCUT2D eigenvalue weighted by atomic mass is 79.9. The summed E-state index contributed by atoms with van der Waals surface area (Å²) in [5.74, 6) is -2.30. The zero-order chi connectivity index (χ0) is 27.8. The molecule has 3 aliphatic heterocycles. The van der Waals surface area contributed by atoms with Crippen molar-refractivity contribution in [3.63, 3.8) is 0 Å². The summed E-state index contributed by atoms with van der Waals surface area (Å²) in [4.78, 5) is 46.7. The van der Waals surface area contributed by atoms with Crippen LogP contribution in [0, 0.1) is 18.8 Å². The second-order valence-corrected chi connectivity index (χ2v) is 11.9. The van der Waals surface area contributed by atoms with Crippen LogP contribution in [0.25, 0.3) is 0 Å². The Hall–Kier alpha value is -2.20. The summed E-state index contributed by atoms with van der Waals surface area (Å²) in [6, 6.07) is 4.46. The molecule has 0 aromatic heterocycles. The van der Waals surface area contributed by atoms with Gasteiger partial charge in [0.2, 0.25) is 11.8 Å². The van der Waals surface area contributed by atoms with Crippen LogP contribution in [0.5, 0.6) is 0 Å². The lowest BCUT2D eigenvalue weighted by Crippen LogP contribution is -2.57. The number of aliphatic hydroxyl groups is 1. The minimum atomic E-state index is -1.17. The third kappa shape index (κ3) is 4.61. The van der Waals surface area contributed by atoms with E-state index in [1.807, 2.05) is 19.1 Å². The normalized spacial score (nSPS) is 29.3. The fraction of sp³-hybridized carbons (Fsp3) is 0.536. The molecule has 3 unspecified atom stereocenters.